The standard InChI is InChI=1S/C16H26N2O2/c1-17(2)11-13-6-8-18(9-7-13)12-14-4-5-15(19)16(10-14)20-3/h4-5,10,13,19H,6-9,11-12H2,1-3H3. The van der Waals surface area contributed by atoms with Gasteiger partial charge in [-0.25, -0.2) is 0 Å². The molecule has 1 aromatic rings. The van der Waals surface area contributed by atoms with Crippen LogP contribution in [0.2, 0.25) is 0 Å². The van der Waals surface area contributed by atoms with E-state index in [4.69, 9.17) is 4.74 Å². The van der Waals surface area contributed by atoms with Gasteiger partial charge in [0, 0.05) is 13.1 Å². The summed E-state index contributed by atoms with van der Waals surface area (Å²) in [5, 5.41) is 9.62. The van der Waals surface area contributed by atoms with Gasteiger partial charge < -0.3 is 14.7 Å². The van der Waals surface area contributed by atoms with Crippen LogP contribution >= 0.6 is 0 Å². The zero-order valence-electron chi connectivity index (χ0n) is 12.8. The monoisotopic (exact) mass is 278 g/mol. The topological polar surface area (TPSA) is 35.9 Å². The first-order valence-electron chi connectivity index (χ1n) is 7.31. The van der Waals surface area contributed by atoms with Gasteiger partial charge >= 0.3 is 0 Å². The molecule has 1 saturated heterocycles. The van der Waals surface area contributed by atoms with Gasteiger partial charge in [-0.3, -0.25) is 4.90 Å². The fourth-order valence-electron chi connectivity index (χ4n) is 2.92. The SMILES string of the molecule is COc1cc(CN2CCC(CN(C)C)CC2)ccc1O. The molecule has 1 fully saturated rings. The number of hydrogen-bond donors (Lipinski definition) is 1. The predicted molar refractivity (Wildman–Crippen MR) is 81.2 cm³/mol. The highest BCUT2D eigenvalue weighted by atomic mass is 16.5. The third-order valence-corrected chi connectivity index (χ3v) is 3.98. The van der Waals surface area contributed by atoms with Gasteiger partial charge in [0.05, 0.1) is 7.11 Å². The molecule has 0 spiro atoms. The summed E-state index contributed by atoms with van der Waals surface area (Å²) in [5.74, 6) is 1.60. The van der Waals surface area contributed by atoms with Crippen molar-refractivity contribution >= 4 is 0 Å². The van der Waals surface area contributed by atoms with Gasteiger partial charge in [-0.15, -0.1) is 0 Å². The number of phenolic OH excluding ortho intramolecular Hbond substituents is 1. The number of nitrogens with zero attached hydrogens (tertiary/aromatic N) is 2. The van der Waals surface area contributed by atoms with E-state index in [1.807, 2.05) is 12.1 Å². The van der Waals surface area contributed by atoms with Crippen molar-refractivity contribution in [1.29, 1.82) is 0 Å². The van der Waals surface area contributed by atoms with Crippen molar-refractivity contribution in [3.63, 3.8) is 0 Å². The lowest BCUT2D eigenvalue weighted by molar-refractivity contribution is 0.157. The Hall–Kier alpha value is -1.26. The zero-order valence-corrected chi connectivity index (χ0v) is 12.8. The van der Waals surface area contributed by atoms with Crippen LogP contribution in [0.5, 0.6) is 11.5 Å². The summed E-state index contributed by atoms with van der Waals surface area (Å²) in [7, 11) is 5.88. The minimum absolute atomic E-state index is 0.209. The highest BCUT2D eigenvalue weighted by Crippen LogP contribution is 2.27. The number of hydrogen-bond acceptors (Lipinski definition) is 4. The van der Waals surface area contributed by atoms with Gasteiger partial charge in [0.1, 0.15) is 0 Å². The normalized spacial score (nSPS) is 17.6. The molecule has 112 valence electrons. The van der Waals surface area contributed by atoms with E-state index in [1.165, 1.54) is 24.9 Å². The summed E-state index contributed by atoms with van der Waals surface area (Å²) in [6, 6.07) is 5.62. The Morgan fingerprint density at radius 1 is 1.30 bits per heavy atom. The van der Waals surface area contributed by atoms with Crippen LogP contribution in [0.25, 0.3) is 0 Å². The van der Waals surface area contributed by atoms with Crippen LogP contribution in [0.3, 0.4) is 0 Å². The van der Waals surface area contributed by atoms with Crippen LogP contribution in [0, 0.1) is 5.92 Å². The van der Waals surface area contributed by atoms with E-state index in [2.05, 4.69) is 23.9 Å². The van der Waals surface area contributed by atoms with Crippen molar-refractivity contribution in [3.8, 4) is 11.5 Å². The number of benzene rings is 1. The molecular weight excluding hydrogens is 252 g/mol. The fraction of sp³-hybridized carbons (Fsp3) is 0.625. The van der Waals surface area contributed by atoms with Crippen LogP contribution in [0.15, 0.2) is 18.2 Å². The quantitative estimate of drug-likeness (QED) is 0.895. The van der Waals surface area contributed by atoms with Crippen molar-refractivity contribution < 1.29 is 9.84 Å². The second kappa shape index (κ2) is 6.95. The average Bonchev–Trinajstić information content (AvgIpc) is 2.42. The molecule has 1 aliphatic heterocycles. The van der Waals surface area contributed by atoms with E-state index < -0.39 is 0 Å². The molecule has 4 heteroatoms. The molecule has 0 radical (unpaired) electrons. The zero-order chi connectivity index (χ0) is 14.5. The molecule has 0 amide bonds. The van der Waals surface area contributed by atoms with E-state index in [-0.39, 0.29) is 5.75 Å². The smallest absolute Gasteiger partial charge is 0.160 e. The molecule has 0 saturated carbocycles. The molecule has 2 rings (SSSR count). The van der Waals surface area contributed by atoms with Crippen LogP contribution < -0.4 is 4.74 Å². The summed E-state index contributed by atoms with van der Waals surface area (Å²) in [5.41, 5.74) is 1.20. The summed E-state index contributed by atoms with van der Waals surface area (Å²) in [6.45, 7) is 4.44. The first-order valence-corrected chi connectivity index (χ1v) is 7.31. The minimum Gasteiger partial charge on any atom is -0.504 e. The van der Waals surface area contributed by atoms with Gasteiger partial charge in [-0.1, -0.05) is 6.07 Å². The Bertz CT molecular complexity index is 426. The lowest BCUT2D eigenvalue weighted by Crippen LogP contribution is -2.36. The van der Waals surface area contributed by atoms with Crippen LogP contribution in [-0.2, 0) is 6.54 Å². The van der Waals surface area contributed by atoms with E-state index >= 15 is 0 Å². The lowest BCUT2D eigenvalue weighted by atomic mass is 9.96. The minimum atomic E-state index is 0.209. The van der Waals surface area contributed by atoms with Gasteiger partial charge in [0.15, 0.2) is 11.5 Å². The maximum Gasteiger partial charge on any atom is 0.160 e. The Balaban J connectivity index is 1.86. The Morgan fingerprint density at radius 2 is 2.00 bits per heavy atom. The van der Waals surface area contributed by atoms with Crippen molar-refractivity contribution in [2.45, 2.75) is 19.4 Å². The highest BCUT2D eigenvalue weighted by Gasteiger charge is 2.19. The van der Waals surface area contributed by atoms with E-state index in [0.717, 1.165) is 25.6 Å². The number of likely N-dealkylation sites (tertiary alicyclic amines) is 1. The second-order valence-corrected chi connectivity index (χ2v) is 5.99. The Kier molecular flexibility index (Phi) is 5.26. The number of ether oxygens (including phenoxy) is 1. The van der Waals surface area contributed by atoms with E-state index in [0.29, 0.717) is 5.75 Å². The summed E-state index contributed by atoms with van der Waals surface area (Å²) >= 11 is 0. The largest absolute Gasteiger partial charge is 0.504 e. The fourth-order valence-corrected chi connectivity index (χ4v) is 2.92. The van der Waals surface area contributed by atoms with Gasteiger partial charge in [-0.05, 0) is 63.6 Å². The molecule has 0 aromatic heterocycles. The molecule has 0 unspecified atom stereocenters. The Morgan fingerprint density at radius 3 is 2.60 bits per heavy atom. The third kappa shape index (κ3) is 4.12. The molecule has 4 nitrogen and oxygen atoms in total. The third-order valence-electron chi connectivity index (χ3n) is 3.98. The molecule has 0 aliphatic carbocycles. The van der Waals surface area contributed by atoms with Crippen LogP contribution in [0.1, 0.15) is 18.4 Å². The number of phenols is 1. The molecule has 0 bridgehead atoms. The number of rotatable bonds is 5. The molecule has 1 aliphatic rings. The van der Waals surface area contributed by atoms with Crippen LogP contribution in [-0.4, -0.2) is 55.7 Å². The lowest BCUT2D eigenvalue weighted by Gasteiger charge is -2.33. The summed E-state index contributed by atoms with van der Waals surface area (Å²) in [4.78, 5) is 4.77. The highest BCUT2D eigenvalue weighted by molar-refractivity contribution is 5.41. The molecule has 1 aromatic carbocycles. The summed E-state index contributed by atoms with van der Waals surface area (Å²) in [6.07, 6.45) is 2.54. The van der Waals surface area contributed by atoms with Crippen molar-refractivity contribution in [2.75, 3.05) is 40.8 Å². The number of methoxy groups -OCH3 is 1. The molecule has 1 heterocycles. The van der Waals surface area contributed by atoms with Gasteiger partial charge in [0.25, 0.3) is 0 Å². The first-order chi connectivity index (χ1) is 9.58. The maximum absolute atomic E-state index is 9.62. The second-order valence-electron chi connectivity index (χ2n) is 5.99. The van der Waals surface area contributed by atoms with Crippen molar-refractivity contribution in [1.82, 2.24) is 9.80 Å². The maximum atomic E-state index is 9.62. The molecule has 20 heavy (non-hydrogen) atoms. The van der Waals surface area contributed by atoms with Crippen LogP contribution in [0.4, 0.5) is 0 Å². The molecular formula is C16H26N2O2. The van der Waals surface area contributed by atoms with E-state index in [9.17, 15) is 5.11 Å². The van der Waals surface area contributed by atoms with Gasteiger partial charge in [-0.2, -0.15) is 0 Å². The van der Waals surface area contributed by atoms with Crippen molar-refractivity contribution in [3.05, 3.63) is 23.8 Å². The van der Waals surface area contributed by atoms with E-state index in [1.54, 1.807) is 13.2 Å². The first kappa shape index (κ1) is 15.1. The average molecular weight is 278 g/mol. The molecule has 0 atom stereocenters. The van der Waals surface area contributed by atoms with Gasteiger partial charge in [0.2, 0.25) is 0 Å². The Labute approximate surface area is 122 Å². The molecule has 1 N–H and O–H groups in total. The van der Waals surface area contributed by atoms with Crippen molar-refractivity contribution in [2.24, 2.45) is 5.92 Å². The predicted octanol–water partition coefficient (Wildman–Crippen LogP) is 2.17. The number of piperidine rings is 1. The number of aromatic hydroxyl groups is 1. The summed E-state index contributed by atoms with van der Waals surface area (Å²) < 4.78 is 5.16.